The van der Waals surface area contributed by atoms with Crippen molar-refractivity contribution in [3.8, 4) is 0 Å². The van der Waals surface area contributed by atoms with Crippen LogP contribution in [0.3, 0.4) is 0 Å². The molecule has 106 valence electrons. The van der Waals surface area contributed by atoms with Crippen molar-refractivity contribution in [2.45, 2.75) is 44.1 Å². The number of benzene rings is 1. The molecule has 0 N–H and O–H groups in total. The number of rotatable bonds is 5. The molecule has 19 heavy (non-hydrogen) atoms. The van der Waals surface area contributed by atoms with E-state index in [4.69, 9.17) is 0 Å². The molecule has 0 aliphatic heterocycles. The van der Waals surface area contributed by atoms with Gasteiger partial charge in [-0.15, -0.1) is 0 Å². The van der Waals surface area contributed by atoms with E-state index >= 15 is 0 Å². The van der Waals surface area contributed by atoms with Crippen LogP contribution in [0.5, 0.6) is 0 Å². The molecule has 5 heteroatoms. The lowest BCUT2D eigenvalue weighted by atomic mass is 9.98. The van der Waals surface area contributed by atoms with Crippen LogP contribution in [0.2, 0.25) is 0 Å². The van der Waals surface area contributed by atoms with Gasteiger partial charge in [-0.25, -0.2) is 0 Å². The van der Waals surface area contributed by atoms with E-state index in [2.05, 4.69) is 15.9 Å². The first-order valence-corrected chi connectivity index (χ1v) is 7.00. The average molecular weight is 337 g/mol. The summed E-state index contributed by atoms with van der Waals surface area (Å²) in [5.74, 6) is 0.0271. The van der Waals surface area contributed by atoms with Crippen molar-refractivity contribution in [1.82, 2.24) is 0 Å². The Morgan fingerprint density at radius 2 is 2.00 bits per heavy atom. The molecular formula is C14H16BrF3O. The van der Waals surface area contributed by atoms with Crippen LogP contribution in [-0.2, 0) is 17.4 Å². The van der Waals surface area contributed by atoms with Gasteiger partial charge in [0.2, 0.25) is 0 Å². The Balaban J connectivity index is 2.91. The summed E-state index contributed by atoms with van der Waals surface area (Å²) in [5, 5.41) is 0. The maximum Gasteiger partial charge on any atom is 0.416 e. The van der Waals surface area contributed by atoms with E-state index in [1.54, 1.807) is 6.92 Å². The molecule has 1 rings (SSSR count). The van der Waals surface area contributed by atoms with Gasteiger partial charge in [-0.1, -0.05) is 28.9 Å². The molecule has 1 atom stereocenters. The molecule has 1 aromatic rings. The van der Waals surface area contributed by atoms with E-state index in [-0.39, 0.29) is 12.2 Å². The highest BCUT2D eigenvalue weighted by molar-refractivity contribution is 9.10. The second-order valence-electron chi connectivity index (χ2n) is 4.53. The summed E-state index contributed by atoms with van der Waals surface area (Å²) in [4.78, 5) is 11.2. The first kappa shape index (κ1) is 16.2. The van der Waals surface area contributed by atoms with Crippen LogP contribution >= 0.6 is 15.9 Å². The topological polar surface area (TPSA) is 17.1 Å². The molecule has 0 spiro atoms. The van der Waals surface area contributed by atoms with Crippen LogP contribution in [0.1, 0.15) is 36.5 Å². The maximum atomic E-state index is 12.6. The number of Topliss-reactive ketones (excluding diaryl/α,β-unsaturated/α-hetero) is 1. The Kier molecular flexibility index (Phi) is 5.59. The van der Waals surface area contributed by atoms with Gasteiger partial charge in [0.1, 0.15) is 5.78 Å². The van der Waals surface area contributed by atoms with Crippen molar-refractivity contribution in [3.05, 3.63) is 34.9 Å². The Labute approximate surface area is 119 Å². The second-order valence-corrected chi connectivity index (χ2v) is 5.63. The van der Waals surface area contributed by atoms with Gasteiger partial charge in [-0.2, -0.15) is 13.2 Å². The fourth-order valence-corrected chi connectivity index (χ4v) is 2.36. The lowest BCUT2D eigenvalue weighted by molar-refractivity contribution is -0.137. The zero-order valence-corrected chi connectivity index (χ0v) is 12.4. The lowest BCUT2D eigenvalue weighted by Crippen LogP contribution is -2.17. The molecule has 1 unspecified atom stereocenters. The highest BCUT2D eigenvalue weighted by atomic mass is 79.9. The quantitative estimate of drug-likeness (QED) is 0.713. The lowest BCUT2D eigenvalue weighted by Gasteiger charge is -2.14. The number of alkyl halides is 4. The maximum absolute atomic E-state index is 12.6. The summed E-state index contributed by atoms with van der Waals surface area (Å²) < 4.78 is 37.9. The zero-order valence-electron chi connectivity index (χ0n) is 10.9. The van der Waals surface area contributed by atoms with Crippen molar-refractivity contribution < 1.29 is 18.0 Å². The van der Waals surface area contributed by atoms with Gasteiger partial charge in [-0.05, 0) is 43.0 Å². The van der Waals surface area contributed by atoms with E-state index in [9.17, 15) is 18.0 Å². The molecule has 0 saturated carbocycles. The third-order valence-electron chi connectivity index (χ3n) is 2.92. The van der Waals surface area contributed by atoms with Crippen molar-refractivity contribution in [3.63, 3.8) is 0 Å². The standard InChI is InChI=1S/C14H16BrF3O/c1-3-4-13(19)12(15)8-10-7-11(14(16,17)18)6-5-9(10)2/h5-7,12H,3-4,8H2,1-2H3. The largest absolute Gasteiger partial charge is 0.416 e. The first-order chi connectivity index (χ1) is 8.75. The van der Waals surface area contributed by atoms with E-state index in [0.717, 1.165) is 24.1 Å². The molecule has 0 fully saturated rings. The Morgan fingerprint density at radius 1 is 1.37 bits per heavy atom. The molecule has 1 aromatic carbocycles. The summed E-state index contributed by atoms with van der Waals surface area (Å²) in [5.41, 5.74) is 0.652. The van der Waals surface area contributed by atoms with Crippen LogP contribution < -0.4 is 0 Å². The summed E-state index contributed by atoms with van der Waals surface area (Å²) >= 11 is 3.26. The number of hydrogen-bond acceptors (Lipinski definition) is 1. The SMILES string of the molecule is CCCC(=O)C(Br)Cc1cc(C(F)(F)F)ccc1C. The molecule has 0 heterocycles. The Bertz CT molecular complexity index is 454. The molecule has 0 aliphatic rings. The zero-order chi connectivity index (χ0) is 14.6. The summed E-state index contributed by atoms with van der Waals surface area (Å²) in [6.45, 7) is 3.65. The molecule has 1 nitrogen and oxygen atoms in total. The predicted molar refractivity (Wildman–Crippen MR) is 72.5 cm³/mol. The van der Waals surface area contributed by atoms with Gasteiger partial charge in [-0.3, -0.25) is 4.79 Å². The number of halogens is 4. The first-order valence-electron chi connectivity index (χ1n) is 6.09. The highest BCUT2D eigenvalue weighted by Gasteiger charge is 2.31. The van der Waals surface area contributed by atoms with Crippen LogP contribution in [-0.4, -0.2) is 10.6 Å². The fraction of sp³-hybridized carbons (Fsp3) is 0.500. The minimum absolute atomic E-state index is 0.0271. The number of carbonyl (C=O) groups excluding carboxylic acids is 1. The number of hydrogen-bond donors (Lipinski definition) is 0. The predicted octanol–water partition coefficient (Wildman–Crippen LogP) is 4.69. The van der Waals surface area contributed by atoms with Crippen LogP contribution in [0.15, 0.2) is 18.2 Å². The van der Waals surface area contributed by atoms with Gasteiger partial charge in [0.05, 0.1) is 10.4 Å². The number of carbonyl (C=O) groups is 1. The van der Waals surface area contributed by atoms with Crippen molar-refractivity contribution >= 4 is 21.7 Å². The smallest absolute Gasteiger partial charge is 0.298 e. The molecule has 0 saturated heterocycles. The summed E-state index contributed by atoms with van der Waals surface area (Å²) in [6.07, 6.45) is -2.89. The monoisotopic (exact) mass is 336 g/mol. The van der Waals surface area contributed by atoms with E-state index in [1.165, 1.54) is 6.07 Å². The third kappa shape index (κ3) is 4.64. The van der Waals surface area contributed by atoms with E-state index < -0.39 is 16.6 Å². The minimum atomic E-state index is -4.35. The molecule has 0 aliphatic carbocycles. The molecule has 0 radical (unpaired) electrons. The van der Waals surface area contributed by atoms with Crippen LogP contribution in [0, 0.1) is 6.92 Å². The second kappa shape index (κ2) is 6.55. The Morgan fingerprint density at radius 3 is 2.53 bits per heavy atom. The molecule has 0 bridgehead atoms. The van der Waals surface area contributed by atoms with Crippen molar-refractivity contribution in [2.24, 2.45) is 0 Å². The van der Waals surface area contributed by atoms with E-state index in [1.807, 2.05) is 6.92 Å². The minimum Gasteiger partial charge on any atom is -0.298 e. The highest BCUT2D eigenvalue weighted by Crippen LogP contribution is 2.31. The van der Waals surface area contributed by atoms with Gasteiger partial charge in [0, 0.05) is 6.42 Å². The van der Waals surface area contributed by atoms with Gasteiger partial charge < -0.3 is 0 Å². The normalized spacial score (nSPS) is 13.4. The fourth-order valence-electron chi connectivity index (χ4n) is 1.78. The summed E-state index contributed by atoms with van der Waals surface area (Å²) in [7, 11) is 0. The molecule has 0 amide bonds. The van der Waals surface area contributed by atoms with Crippen LogP contribution in [0.25, 0.3) is 0 Å². The van der Waals surface area contributed by atoms with Gasteiger partial charge in [0.15, 0.2) is 0 Å². The van der Waals surface area contributed by atoms with E-state index in [0.29, 0.717) is 12.0 Å². The van der Waals surface area contributed by atoms with Crippen molar-refractivity contribution in [2.75, 3.05) is 0 Å². The average Bonchev–Trinajstić information content (AvgIpc) is 2.30. The molecular weight excluding hydrogens is 321 g/mol. The Hall–Kier alpha value is -0.840. The summed E-state index contributed by atoms with van der Waals surface area (Å²) in [6, 6.07) is 3.64. The van der Waals surface area contributed by atoms with Crippen molar-refractivity contribution in [1.29, 1.82) is 0 Å². The third-order valence-corrected chi connectivity index (χ3v) is 3.76. The number of aryl methyl sites for hydroxylation is 1. The molecule has 0 aromatic heterocycles. The number of ketones is 1. The van der Waals surface area contributed by atoms with Gasteiger partial charge >= 0.3 is 6.18 Å². The van der Waals surface area contributed by atoms with Gasteiger partial charge in [0.25, 0.3) is 0 Å². The van der Waals surface area contributed by atoms with Crippen LogP contribution in [0.4, 0.5) is 13.2 Å².